The highest BCUT2D eigenvalue weighted by atomic mass is 16.5. The Morgan fingerprint density at radius 3 is 3.10 bits per heavy atom. The minimum absolute atomic E-state index is 0.0718. The topological polar surface area (TPSA) is 52.0 Å². The molecule has 0 spiro atoms. The van der Waals surface area contributed by atoms with Gasteiger partial charge in [0.05, 0.1) is 19.7 Å². The molecule has 5 heteroatoms. The average Bonchev–Trinajstić information content (AvgIpc) is 2.93. The predicted octanol–water partition coefficient (Wildman–Crippen LogP) is 2.09. The summed E-state index contributed by atoms with van der Waals surface area (Å²) in [5, 5.41) is 7.84. The van der Waals surface area contributed by atoms with Gasteiger partial charge < -0.3 is 10.1 Å². The van der Waals surface area contributed by atoms with Crippen LogP contribution in [0.1, 0.15) is 36.9 Å². The van der Waals surface area contributed by atoms with E-state index in [1.54, 1.807) is 6.33 Å². The largest absolute Gasteiger partial charge is 0.371 e. The Balaban J connectivity index is 1.67. The standard InChI is InChI=1S/C16H22N4O/c1-12(2)17-9-16-18-11-20(19-16)10-15-14-6-4-3-5-13(14)7-8-21-15/h3-6,11-12,15,17H,7-10H2,1-2H3. The molecule has 0 bridgehead atoms. The van der Waals surface area contributed by atoms with Crippen molar-refractivity contribution < 1.29 is 4.74 Å². The normalized spacial score (nSPS) is 18.0. The Kier molecular flexibility index (Phi) is 4.31. The van der Waals surface area contributed by atoms with Gasteiger partial charge in [-0.15, -0.1) is 0 Å². The molecule has 1 aromatic heterocycles. The third-order valence-corrected chi connectivity index (χ3v) is 3.70. The summed E-state index contributed by atoms with van der Waals surface area (Å²) in [4.78, 5) is 4.34. The number of ether oxygens (including phenoxy) is 1. The second-order valence-corrected chi connectivity index (χ2v) is 5.73. The third-order valence-electron chi connectivity index (χ3n) is 3.70. The van der Waals surface area contributed by atoms with Gasteiger partial charge in [-0.2, -0.15) is 5.10 Å². The lowest BCUT2D eigenvalue weighted by Gasteiger charge is -2.25. The third kappa shape index (κ3) is 3.49. The fourth-order valence-electron chi connectivity index (χ4n) is 2.60. The van der Waals surface area contributed by atoms with E-state index in [9.17, 15) is 0 Å². The van der Waals surface area contributed by atoms with E-state index < -0.39 is 0 Å². The first-order chi connectivity index (χ1) is 10.2. The molecule has 1 aliphatic heterocycles. The van der Waals surface area contributed by atoms with Crippen molar-refractivity contribution in [3.63, 3.8) is 0 Å². The van der Waals surface area contributed by atoms with Gasteiger partial charge in [0.2, 0.25) is 0 Å². The van der Waals surface area contributed by atoms with Gasteiger partial charge in [-0.3, -0.25) is 0 Å². The van der Waals surface area contributed by atoms with Crippen LogP contribution >= 0.6 is 0 Å². The number of fused-ring (bicyclic) bond motifs is 1. The van der Waals surface area contributed by atoms with Crippen molar-refractivity contribution in [2.24, 2.45) is 0 Å². The number of aromatic nitrogens is 3. The Morgan fingerprint density at radius 2 is 2.24 bits per heavy atom. The number of nitrogens with one attached hydrogen (secondary N) is 1. The van der Waals surface area contributed by atoms with Crippen LogP contribution in [-0.2, 0) is 24.2 Å². The second kappa shape index (κ2) is 6.37. The van der Waals surface area contributed by atoms with Gasteiger partial charge in [0.1, 0.15) is 12.4 Å². The summed E-state index contributed by atoms with van der Waals surface area (Å²) in [5.74, 6) is 0.827. The van der Waals surface area contributed by atoms with Crippen molar-refractivity contribution in [1.82, 2.24) is 20.1 Å². The molecule has 2 aromatic rings. The van der Waals surface area contributed by atoms with Crippen molar-refractivity contribution in [2.45, 2.75) is 45.5 Å². The van der Waals surface area contributed by atoms with Crippen LogP contribution in [0.3, 0.4) is 0 Å². The zero-order chi connectivity index (χ0) is 14.7. The van der Waals surface area contributed by atoms with E-state index >= 15 is 0 Å². The van der Waals surface area contributed by atoms with Crippen LogP contribution in [0, 0.1) is 0 Å². The Morgan fingerprint density at radius 1 is 1.38 bits per heavy atom. The lowest BCUT2D eigenvalue weighted by Crippen LogP contribution is -2.23. The van der Waals surface area contributed by atoms with E-state index in [4.69, 9.17) is 4.74 Å². The van der Waals surface area contributed by atoms with Crippen molar-refractivity contribution >= 4 is 0 Å². The molecule has 1 N–H and O–H groups in total. The number of nitrogens with zero attached hydrogens (tertiary/aromatic N) is 3. The summed E-state index contributed by atoms with van der Waals surface area (Å²) in [7, 11) is 0. The summed E-state index contributed by atoms with van der Waals surface area (Å²) >= 11 is 0. The van der Waals surface area contributed by atoms with Crippen LogP contribution in [0.25, 0.3) is 0 Å². The summed E-state index contributed by atoms with van der Waals surface area (Å²) in [6.07, 6.45) is 2.86. The van der Waals surface area contributed by atoms with Crippen molar-refractivity contribution in [2.75, 3.05) is 6.61 Å². The number of rotatable bonds is 5. The highest BCUT2D eigenvalue weighted by molar-refractivity contribution is 5.30. The van der Waals surface area contributed by atoms with E-state index in [-0.39, 0.29) is 6.10 Å². The molecule has 0 saturated heterocycles. The summed E-state index contributed by atoms with van der Waals surface area (Å²) in [5.41, 5.74) is 2.66. The molecule has 2 heterocycles. The first-order valence-corrected chi connectivity index (χ1v) is 7.53. The van der Waals surface area contributed by atoms with Gasteiger partial charge in [-0.1, -0.05) is 38.1 Å². The lowest BCUT2D eigenvalue weighted by molar-refractivity contribution is 0.0281. The van der Waals surface area contributed by atoms with Gasteiger partial charge in [0, 0.05) is 6.04 Å². The number of hydrogen-bond donors (Lipinski definition) is 1. The minimum Gasteiger partial charge on any atom is -0.371 e. The van der Waals surface area contributed by atoms with E-state index in [1.165, 1.54) is 11.1 Å². The lowest BCUT2D eigenvalue weighted by atomic mass is 9.98. The van der Waals surface area contributed by atoms with E-state index in [0.29, 0.717) is 19.1 Å². The van der Waals surface area contributed by atoms with Crippen molar-refractivity contribution in [3.05, 3.63) is 47.5 Å². The van der Waals surface area contributed by atoms with E-state index in [2.05, 4.69) is 53.5 Å². The number of benzene rings is 1. The summed E-state index contributed by atoms with van der Waals surface area (Å²) in [6, 6.07) is 8.93. The summed E-state index contributed by atoms with van der Waals surface area (Å²) in [6.45, 7) is 6.42. The molecule has 21 heavy (non-hydrogen) atoms. The first kappa shape index (κ1) is 14.2. The van der Waals surface area contributed by atoms with Gasteiger partial charge in [0.15, 0.2) is 5.82 Å². The molecular formula is C16H22N4O. The van der Waals surface area contributed by atoms with Gasteiger partial charge in [-0.25, -0.2) is 9.67 Å². The highest BCUT2D eigenvalue weighted by Crippen LogP contribution is 2.27. The molecule has 0 aliphatic carbocycles. The minimum atomic E-state index is 0.0718. The van der Waals surface area contributed by atoms with Crippen LogP contribution in [-0.4, -0.2) is 27.4 Å². The predicted molar refractivity (Wildman–Crippen MR) is 80.8 cm³/mol. The molecule has 1 atom stereocenters. The molecule has 1 aromatic carbocycles. The molecule has 5 nitrogen and oxygen atoms in total. The molecule has 1 aliphatic rings. The Labute approximate surface area is 125 Å². The van der Waals surface area contributed by atoms with Gasteiger partial charge >= 0.3 is 0 Å². The van der Waals surface area contributed by atoms with Crippen molar-refractivity contribution in [3.8, 4) is 0 Å². The van der Waals surface area contributed by atoms with Crippen LogP contribution in [0.2, 0.25) is 0 Å². The smallest absolute Gasteiger partial charge is 0.164 e. The van der Waals surface area contributed by atoms with Crippen LogP contribution < -0.4 is 5.32 Å². The van der Waals surface area contributed by atoms with Crippen LogP contribution in [0.15, 0.2) is 30.6 Å². The monoisotopic (exact) mass is 286 g/mol. The summed E-state index contributed by atoms with van der Waals surface area (Å²) < 4.78 is 7.79. The first-order valence-electron chi connectivity index (χ1n) is 7.53. The second-order valence-electron chi connectivity index (χ2n) is 5.73. The molecule has 0 saturated carbocycles. The van der Waals surface area contributed by atoms with E-state index in [1.807, 2.05) is 4.68 Å². The highest BCUT2D eigenvalue weighted by Gasteiger charge is 2.21. The molecule has 0 fully saturated rings. The maximum atomic E-state index is 5.91. The van der Waals surface area contributed by atoms with Gasteiger partial charge in [-0.05, 0) is 17.5 Å². The van der Waals surface area contributed by atoms with E-state index in [0.717, 1.165) is 18.9 Å². The Hall–Kier alpha value is -1.72. The molecule has 3 rings (SSSR count). The van der Waals surface area contributed by atoms with Gasteiger partial charge in [0.25, 0.3) is 0 Å². The van der Waals surface area contributed by atoms with Crippen LogP contribution in [0.4, 0.5) is 0 Å². The average molecular weight is 286 g/mol. The maximum absolute atomic E-state index is 5.91. The molecule has 0 amide bonds. The zero-order valence-corrected chi connectivity index (χ0v) is 12.6. The SMILES string of the molecule is CC(C)NCc1ncn(CC2OCCc3ccccc32)n1. The fraction of sp³-hybridized carbons (Fsp3) is 0.500. The Bertz CT molecular complexity index is 593. The molecule has 112 valence electrons. The van der Waals surface area contributed by atoms with Crippen molar-refractivity contribution in [1.29, 1.82) is 0 Å². The fourth-order valence-corrected chi connectivity index (χ4v) is 2.60. The number of hydrogen-bond acceptors (Lipinski definition) is 4. The molecule has 1 unspecified atom stereocenters. The molecule has 0 radical (unpaired) electrons. The zero-order valence-electron chi connectivity index (χ0n) is 12.6. The quantitative estimate of drug-likeness (QED) is 0.914. The molecular weight excluding hydrogens is 264 g/mol. The maximum Gasteiger partial charge on any atom is 0.164 e. The van der Waals surface area contributed by atoms with Crippen LogP contribution in [0.5, 0.6) is 0 Å².